The molecule has 1 fully saturated rings. The van der Waals surface area contributed by atoms with Gasteiger partial charge in [0.1, 0.15) is 6.04 Å². The van der Waals surface area contributed by atoms with E-state index in [4.69, 9.17) is 0 Å². The summed E-state index contributed by atoms with van der Waals surface area (Å²) in [4.78, 5) is 37.2. The Bertz CT molecular complexity index is 736. The zero-order valence-electron chi connectivity index (χ0n) is 12.7. The fraction of sp³-hybridized carbons (Fsp3) is 0.400. The third-order valence-electron chi connectivity index (χ3n) is 4.14. The van der Waals surface area contributed by atoms with Crippen LogP contribution in [0.1, 0.15) is 34.3 Å². The maximum absolute atomic E-state index is 12.5. The van der Waals surface area contributed by atoms with Gasteiger partial charge in [-0.25, -0.2) is 0 Å². The Labute approximate surface area is 140 Å². The van der Waals surface area contributed by atoms with Gasteiger partial charge in [0, 0.05) is 25.1 Å². The number of amides is 3. The smallest absolute Gasteiger partial charge is 0.255 e. The molecule has 1 aromatic rings. The van der Waals surface area contributed by atoms with Crippen LogP contribution in [0.4, 0.5) is 0 Å². The van der Waals surface area contributed by atoms with Crippen molar-refractivity contribution in [1.82, 2.24) is 15.5 Å². The minimum Gasteiger partial charge on any atom is -0.771 e. The third kappa shape index (κ3) is 3.37. The minimum atomic E-state index is -2.16. The van der Waals surface area contributed by atoms with E-state index in [9.17, 15) is 23.1 Å². The average molecular weight is 350 g/mol. The van der Waals surface area contributed by atoms with Gasteiger partial charge >= 0.3 is 0 Å². The second-order valence-electron chi connectivity index (χ2n) is 5.77. The van der Waals surface area contributed by atoms with Gasteiger partial charge < -0.3 is 14.8 Å². The van der Waals surface area contributed by atoms with Gasteiger partial charge in [-0.3, -0.25) is 23.9 Å². The van der Waals surface area contributed by atoms with Gasteiger partial charge in [0.15, 0.2) is 0 Å². The lowest BCUT2D eigenvalue weighted by Gasteiger charge is -2.29. The van der Waals surface area contributed by atoms with Crippen LogP contribution in [0.25, 0.3) is 0 Å². The lowest BCUT2D eigenvalue weighted by atomic mass is 10.0. The van der Waals surface area contributed by atoms with Crippen LogP contribution in [-0.4, -0.2) is 43.3 Å². The number of rotatable bonds is 5. The topological polar surface area (TPSA) is 119 Å². The predicted molar refractivity (Wildman–Crippen MR) is 83.1 cm³/mol. The first-order valence-corrected chi connectivity index (χ1v) is 8.73. The zero-order valence-corrected chi connectivity index (χ0v) is 13.6. The van der Waals surface area contributed by atoms with Crippen molar-refractivity contribution in [2.75, 3.05) is 5.88 Å². The molecule has 2 atom stereocenters. The van der Waals surface area contributed by atoms with Crippen LogP contribution in [0.2, 0.25) is 0 Å². The molecule has 1 aromatic carbocycles. The molecule has 2 heterocycles. The molecule has 9 heteroatoms. The molecule has 0 aromatic heterocycles. The molecule has 24 heavy (non-hydrogen) atoms. The number of nitrogens with zero attached hydrogens (tertiary/aromatic N) is 1. The molecule has 3 amide bonds. The SMILES string of the molecule is O=C1CCC(N2Cc3cc(CNCS(=O)[O-])ccc3C2=O)C(=O)N1. The summed E-state index contributed by atoms with van der Waals surface area (Å²) in [5.74, 6) is -1.12. The number of carbonyl (C=O) groups is 3. The molecule has 1 saturated heterocycles. The van der Waals surface area contributed by atoms with Crippen LogP contribution in [0.5, 0.6) is 0 Å². The van der Waals surface area contributed by atoms with Crippen molar-refractivity contribution in [1.29, 1.82) is 0 Å². The van der Waals surface area contributed by atoms with E-state index in [1.165, 1.54) is 4.90 Å². The maximum atomic E-state index is 12.5. The number of benzene rings is 1. The Morgan fingerprint density at radius 2 is 2.12 bits per heavy atom. The van der Waals surface area contributed by atoms with Gasteiger partial charge in [-0.15, -0.1) is 0 Å². The molecule has 0 aliphatic carbocycles. The second kappa shape index (κ2) is 6.80. The van der Waals surface area contributed by atoms with Crippen LogP contribution in [0.3, 0.4) is 0 Å². The van der Waals surface area contributed by atoms with E-state index in [1.807, 2.05) is 6.07 Å². The first-order chi connectivity index (χ1) is 11.5. The minimum absolute atomic E-state index is 0.140. The molecule has 2 aliphatic heterocycles. The van der Waals surface area contributed by atoms with Gasteiger partial charge in [-0.2, -0.15) is 0 Å². The molecule has 0 bridgehead atoms. The van der Waals surface area contributed by atoms with E-state index in [-0.39, 0.29) is 24.1 Å². The predicted octanol–water partition coefficient (Wildman–Crippen LogP) is -0.626. The highest BCUT2D eigenvalue weighted by atomic mass is 32.2. The van der Waals surface area contributed by atoms with Crippen molar-refractivity contribution in [2.45, 2.75) is 32.0 Å². The number of fused-ring (bicyclic) bond motifs is 1. The largest absolute Gasteiger partial charge is 0.771 e. The molecule has 2 unspecified atom stereocenters. The number of hydrogen-bond acceptors (Lipinski definition) is 6. The molecule has 2 aliphatic rings. The molecule has 128 valence electrons. The highest BCUT2D eigenvalue weighted by Gasteiger charge is 2.38. The molecule has 0 spiro atoms. The van der Waals surface area contributed by atoms with Gasteiger partial charge in [0.05, 0.1) is 5.88 Å². The summed E-state index contributed by atoms with van der Waals surface area (Å²) in [6, 6.07) is 4.65. The summed E-state index contributed by atoms with van der Waals surface area (Å²) < 4.78 is 21.0. The van der Waals surface area contributed by atoms with E-state index < -0.39 is 23.0 Å². The van der Waals surface area contributed by atoms with Crippen LogP contribution in [0, 0.1) is 0 Å². The zero-order chi connectivity index (χ0) is 17.3. The summed E-state index contributed by atoms with van der Waals surface area (Å²) in [7, 11) is 0. The molecule has 2 N–H and O–H groups in total. The summed E-state index contributed by atoms with van der Waals surface area (Å²) >= 11 is -2.16. The van der Waals surface area contributed by atoms with Gasteiger partial charge in [-0.05, 0) is 34.7 Å². The van der Waals surface area contributed by atoms with Crippen LogP contribution >= 0.6 is 0 Å². The average Bonchev–Trinajstić information content (AvgIpc) is 2.83. The number of piperidine rings is 1. The van der Waals surface area contributed by atoms with Crippen molar-refractivity contribution in [2.24, 2.45) is 0 Å². The normalized spacial score (nSPS) is 21.6. The van der Waals surface area contributed by atoms with Crippen molar-refractivity contribution in [3.05, 3.63) is 34.9 Å². The van der Waals surface area contributed by atoms with Crippen LogP contribution in [0.15, 0.2) is 18.2 Å². The van der Waals surface area contributed by atoms with E-state index in [0.29, 0.717) is 25.1 Å². The molecule has 0 radical (unpaired) electrons. The van der Waals surface area contributed by atoms with Crippen molar-refractivity contribution < 1.29 is 23.1 Å². The highest BCUT2D eigenvalue weighted by molar-refractivity contribution is 7.79. The molecule has 3 rings (SSSR count). The molecule has 0 saturated carbocycles. The lowest BCUT2D eigenvalue weighted by Crippen LogP contribution is -2.52. The Kier molecular flexibility index (Phi) is 4.74. The van der Waals surface area contributed by atoms with Crippen LogP contribution in [-0.2, 0) is 33.8 Å². The number of hydrogen-bond donors (Lipinski definition) is 2. The third-order valence-corrected chi connectivity index (χ3v) is 4.58. The van der Waals surface area contributed by atoms with E-state index >= 15 is 0 Å². The Morgan fingerprint density at radius 3 is 2.83 bits per heavy atom. The summed E-state index contributed by atoms with van der Waals surface area (Å²) in [5.41, 5.74) is 2.19. The summed E-state index contributed by atoms with van der Waals surface area (Å²) in [5, 5.41) is 5.04. The first kappa shape index (κ1) is 16.7. The summed E-state index contributed by atoms with van der Waals surface area (Å²) in [6.45, 7) is 0.676. The fourth-order valence-corrected chi connectivity index (χ4v) is 3.29. The van der Waals surface area contributed by atoms with E-state index in [2.05, 4.69) is 10.6 Å². The van der Waals surface area contributed by atoms with Gasteiger partial charge in [-0.1, -0.05) is 12.1 Å². The fourth-order valence-electron chi connectivity index (χ4n) is 3.02. The monoisotopic (exact) mass is 350 g/mol. The maximum Gasteiger partial charge on any atom is 0.255 e. The standard InChI is InChI=1S/C15H17N3O5S/c19-13-4-3-12(14(20)17-13)18-7-10-5-9(6-16-8-24(22)23)1-2-11(10)15(18)21/h1-2,5,12,16H,3-4,6-8H2,(H,22,23)(H,17,19,20)/p-1. The molecular weight excluding hydrogens is 334 g/mol. The lowest BCUT2D eigenvalue weighted by molar-refractivity contribution is -0.136. The van der Waals surface area contributed by atoms with Crippen LogP contribution < -0.4 is 10.6 Å². The molecule has 8 nitrogen and oxygen atoms in total. The number of carbonyl (C=O) groups excluding carboxylic acids is 3. The highest BCUT2D eigenvalue weighted by Crippen LogP contribution is 2.28. The van der Waals surface area contributed by atoms with Gasteiger partial charge in [0.2, 0.25) is 11.8 Å². The second-order valence-corrected chi connectivity index (χ2v) is 6.66. The molecular formula is C15H16N3O5S-. The number of nitrogens with one attached hydrogen (secondary N) is 2. The quantitative estimate of drug-likeness (QED) is 0.539. The van der Waals surface area contributed by atoms with E-state index in [1.54, 1.807) is 12.1 Å². The van der Waals surface area contributed by atoms with Crippen molar-refractivity contribution in [3.63, 3.8) is 0 Å². The Morgan fingerprint density at radius 1 is 1.33 bits per heavy atom. The first-order valence-electron chi connectivity index (χ1n) is 7.49. The van der Waals surface area contributed by atoms with E-state index in [0.717, 1.165) is 11.1 Å². The Hall–Kier alpha value is -2.10. The summed E-state index contributed by atoms with van der Waals surface area (Å²) in [6.07, 6.45) is 0.548. The van der Waals surface area contributed by atoms with Gasteiger partial charge in [0.25, 0.3) is 5.91 Å². The van der Waals surface area contributed by atoms with Crippen molar-refractivity contribution in [3.8, 4) is 0 Å². The Balaban J connectivity index is 1.71. The van der Waals surface area contributed by atoms with Crippen molar-refractivity contribution >= 4 is 28.8 Å². The number of imide groups is 1.